The Morgan fingerprint density at radius 2 is 2.29 bits per heavy atom. The number of aryl methyl sites for hydroxylation is 1. The van der Waals surface area contributed by atoms with Gasteiger partial charge >= 0.3 is 0 Å². The molecule has 1 rings (SSSR count). The summed E-state index contributed by atoms with van der Waals surface area (Å²) in [7, 11) is 1.76. The molecule has 1 aromatic heterocycles. The van der Waals surface area contributed by atoms with Crippen LogP contribution < -0.4 is 5.32 Å². The van der Waals surface area contributed by atoms with Gasteiger partial charge in [-0.2, -0.15) is 0 Å². The molecular weight excluding hydrogens is 194 g/mol. The first-order chi connectivity index (χ1) is 6.70. The summed E-state index contributed by atoms with van der Waals surface area (Å²) >= 11 is 1.80. The van der Waals surface area contributed by atoms with E-state index < -0.39 is 0 Å². The third-order valence-corrected chi connectivity index (χ3v) is 3.55. The van der Waals surface area contributed by atoms with Crippen LogP contribution in [0.4, 0.5) is 0 Å². The van der Waals surface area contributed by atoms with Gasteiger partial charge < -0.3 is 10.1 Å². The summed E-state index contributed by atoms with van der Waals surface area (Å²) < 4.78 is 5.39. The Bertz CT molecular complexity index is 272. The number of nitrogens with one attached hydrogen (secondary N) is 1. The first-order valence-electron chi connectivity index (χ1n) is 5.00. The monoisotopic (exact) mass is 213 g/mol. The fourth-order valence-electron chi connectivity index (χ4n) is 1.53. The van der Waals surface area contributed by atoms with Crippen molar-refractivity contribution >= 4 is 11.3 Å². The molecule has 14 heavy (non-hydrogen) atoms. The largest absolute Gasteiger partial charge is 0.380 e. The van der Waals surface area contributed by atoms with E-state index in [0.29, 0.717) is 6.04 Å². The SMILES string of the molecule is CCNC(c1sccc1C)C(C)OC. The summed E-state index contributed by atoms with van der Waals surface area (Å²) in [6.07, 6.45) is 0.215. The third kappa shape index (κ3) is 2.56. The Morgan fingerprint density at radius 1 is 1.57 bits per heavy atom. The number of ether oxygens (including phenoxy) is 1. The fourth-order valence-corrected chi connectivity index (χ4v) is 2.63. The molecule has 0 spiro atoms. The highest BCUT2D eigenvalue weighted by Gasteiger charge is 2.20. The molecule has 1 aromatic rings. The maximum Gasteiger partial charge on any atom is 0.0745 e. The van der Waals surface area contributed by atoms with Crippen LogP contribution in [-0.2, 0) is 4.74 Å². The van der Waals surface area contributed by atoms with Gasteiger partial charge in [-0.3, -0.25) is 0 Å². The zero-order valence-corrected chi connectivity index (χ0v) is 10.1. The van der Waals surface area contributed by atoms with Crippen LogP contribution in [0.15, 0.2) is 11.4 Å². The van der Waals surface area contributed by atoms with Crippen LogP contribution in [0, 0.1) is 6.92 Å². The molecule has 0 saturated carbocycles. The lowest BCUT2D eigenvalue weighted by Gasteiger charge is -2.23. The molecule has 3 heteroatoms. The second-order valence-electron chi connectivity index (χ2n) is 3.44. The molecule has 2 atom stereocenters. The predicted molar refractivity (Wildman–Crippen MR) is 61.9 cm³/mol. The Balaban J connectivity index is 2.82. The van der Waals surface area contributed by atoms with Gasteiger partial charge in [-0.05, 0) is 37.4 Å². The topological polar surface area (TPSA) is 21.3 Å². The minimum absolute atomic E-state index is 0.215. The molecule has 0 radical (unpaired) electrons. The average Bonchev–Trinajstić information content (AvgIpc) is 2.60. The van der Waals surface area contributed by atoms with Crippen molar-refractivity contribution in [3.05, 3.63) is 21.9 Å². The second-order valence-corrected chi connectivity index (χ2v) is 4.39. The zero-order valence-electron chi connectivity index (χ0n) is 9.33. The lowest BCUT2D eigenvalue weighted by atomic mass is 10.1. The Morgan fingerprint density at radius 3 is 2.71 bits per heavy atom. The van der Waals surface area contributed by atoms with Crippen LogP contribution in [0.25, 0.3) is 0 Å². The van der Waals surface area contributed by atoms with E-state index in [-0.39, 0.29) is 6.10 Å². The molecule has 2 unspecified atom stereocenters. The van der Waals surface area contributed by atoms with Crippen LogP contribution in [0.1, 0.15) is 30.3 Å². The molecule has 80 valence electrons. The van der Waals surface area contributed by atoms with Crippen molar-refractivity contribution in [2.45, 2.75) is 32.9 Å². The van der Waals surface area contributed by atoms with Crippen molar-refractivity contribution in [3.8, 4) is 0 Å². The number of hydrogen-bond donors (Lipinski definition) is 1. The van der Waals surface area contributed by atoms with Crippen molar-refractivity contribution in [1.82, 2.24) is 5.32 Å². The normalized spacial score (nSPS) is 15.4. The quantitative estimate of drug-likeness (QED) is 0.812. The minimum Gasteiger partial charge on any atom is -0.380 e. The maximum absolute atomic E-state index is 5.39. The van der Waals surface area contributed by atoms with E-state index in [9.17, 15) is 0 Å². The third-order valence-electron chi connectivity index (χ3n) is 2.45. The van der Waals surface area contributed by atoms with E-state index in [0.717, 1.165) is 6.54 Å². The number of thiophene rings is 1. The first-order valence-corrected chi connectivity index (χ1v) is 5.88. The van der Waals surface area contributed by atoms with Crippen molar-refractivity contribution < 1.29 is 4.74 Å². The second kappa shape index (κ2) is 5.49. The van der Waals surface area contributed by atoms with Crippen LogP contribution in [-0.4, -0.2) is 19.8 Å². The number of likely N-dealkylation sites (N-methyl/N-ethyl adjacent to an activating group) is 1. The molecule has 0 amide bonds. The van der Waals surface area contributed by atoms with Gasteiger partial charge in [0.2, 0.25) is 0 Å². The van der Waals surface area contributed by atoms with Gasteiger partial charge in [0, 0.05) is 12.0 Å². The van der Waals surface area contributed by atoms with Gasteiger partial charge in [0.1, 0.15) is 0 Å². The molecule has 1 N–H and O–H groups in total. The Kier molecular flexibility index (Phi) is 4.58. The molecule has 0 fully saturated rings. The minimum atomic E-state index is 0.215. The molecule has 0 aliphatic heterocycles. The Labute approximate surface area is 90.3 Å². The molecule has 0 bridgehead atoms. The molecule has 2 nitrogen and oxygen atoms in total. The fraction of sp³-hybridized carbons (Fsp3) is 0.636. The van der Waals surface area contributed by atoms with E-state index in [1.807, 2.05) is 0 Å². The molecule has 0 aromatic carbocycles. The van der Waals surface area contributed by atoms with E-state index in [4.69, 9.17) is 4.74 Å². The maximum atomic E-state index is 5.39. The summed E-state index contributed by atoms with van der Waals surface area (Å²) in [5.74, 6) is 0. The number of methoxy groups -OCH3 is 1. The van der Waals surface area contributed by atoms with Crippen molar-refractivity contribution in [2.75, 3.05) is 13.7 Å². The summed E-state index contributed by atoms with van der Waals surface area (Å²) in [6.45, 7) is 7.35. The van der Waals surface area contributed by atoms with E-state index in [2.05, 4.69) is 37.5 Å². The highest BCUT2D eigenvalue weighted by Crippen LogP contribution is 2.27. The molecule has 1 heterocycles. The van der Waals surface area contributed by atoms with E-state index in [1.54, 1.807) is 18.4 Å². The van der Waals surface area contributed by atoms with Crippen LogP contribution in [0.3, 0.4) is 0 Å². The van der Waals surface area contributed by atoms with Crippen LogP contribution >= 0.6 is 11.3 Å². The van der Waals surface area contributed by atoms with E-state index >= 15 is 0 Å². The smallest absolute Gasteiger partial charge is 0.0745 e. The van der Waals surface area contributed by atoms with Gasteiger partial charge in [-0.15, -0.1) is 11.3 Å². The highest BCUT2D eigenvalue weighted by atomic mass is 32.1. The highest BCUT2D eigenvalue weighted by molar-refractivity contribution is 7.10. The lowest BCUT2D eigenvalue weighted by Crippen LogP contribution is -2.31. The van der Waals surface area contributed by atoms with Gasteiger partial charge in [-0.1, -0.05) is 6.92 Å². The summed E-state index contributed by atoms with van der Waals surface area (Å²) in [4.78, 5) is 1.39. The van der Waals surface area contributed by atoms with Gasteiger partial charge in [0.25, 0.3) is 0 Å². The average molecular weight is 213 g/mol. The number of hydrogen-bond acceptors (Lipinski definition) is 3. The van der Waals surface area contributed by atoms with Gasteiger partial charge in [0.05, 0.1) is 12.1 Å². The number of rotatable bonds is 5. The van der Waals surface area contributed by atoms with Crippen molar-refractivity contribution in [1.29, 1.82) is 0 Å². The summed E-state index contributed by atoms with van der Waals surface area (Å²) in [5.41, 5.74) is 1.35. The van der Waals surface area contributed by atoms with Gasteiger partial charge in [0.15, 0.2) is 0 Å². The van der Waals surface area contributed by atoms with Gasteiger partial charge in [-0.25, -0.2) is 0 Å². The van der Waals surface area contributed by atoms with E-state index in [1.165, 1.54) is 10.4 Å². The molecule has 0 saturated heterocycles. The van der Waals surface area contributed by atoms with Crippen molar-refractivity contribution in [2.24, 2.45) is 0 Å². The van der Waals surface area contributed by atoms with Crippen LogP contribution in [0.2, 0.25) is 0 Å². The zero-order chi connectivity index (χ0) is 10.6. The molecular formula is C11H19NOS. The Hall–Kier alpha value is -0.380. The predicted octanol–water partition coefficient (Wildman–Crippen LogP) is 2.74. The first kappa shape index (κ1) is 11.7. The summed E-state index contributed by atoms with van der Waals surface area (Å²) in [5, 5.41) is 5.60. The molecule has 0 aliphatic rings. The summed E-state index contributed by atoms with van der Waals surface area (Å²) in [6, 6.07) is 2.48. The standard InChI is InChI=1S/C11H19NOS/c1-5-12-10(9(3)13-4)11-8(2)6-7-14-11/h6-7,9-10,12H,5H2,1-4H3. The van der Waals surface area contributed by atoms with Crippen molar-refractivity contribution in [3.63, 3.8) is 0 Å². The lowest BCUT2D eigenvalue weighted by molar-refractivity contribution is 0.0845. The molecule has 0 aliphatic carbocycles. The van der Waals surface area contributed by atoms with Crippen LogP contribution in [0.5, 0.6) is 0 Å².